The molecule has 4 bridgehead atoms. The zero-order chi connectivity index (χ0) is 11.5. The summed E-state index contributed by atoms with van der Waals surface area (Å²) in [7, 11) is 0. The Bertz CT molecular complexity index is 417. The summed E-state index contributed by atoms with van der Waals surface area (Å²) in [5.41, 5.74) is 2.92. The van der Waals surface area contributed by atoms with E-state index in [2.05, 4.69) is 11.9 Å². The van der Waals surface area contributed by atoms with E-state index < -0.39 is 0 Å². The van der Waals surface area contributed by atoms with Crippen molar-refractivity contribution in [1.29, 1.82) is 0 Å². The molecule has 0 atom stereocenters. The fourth-order valence-electron chi connectivity index (χ4n) is 5.33. The molecule has 1 aromatic rings. The molecule has 0 N–H and O–H groups in total. The summed E-state index contributed by atoms with van der Waals surface area (Å²) >= 11 is 0. The lowest BCUT2D eigenvalue weighted by molar-refractivity contribution is -0.00770. The zero-order valence-electron chi connectivity index (χ0n) is 10.5. The third-order valence-electron chi connectivity index (χ3n) is 5.42. The molecule has 90 valence electrons. The molecule has 2 nitrogen and oxygen atoms in total. The first-order valence-corrected chi connectivity index (χ1v) is 7.03. The lowest BCUT2D eigenvalue weighted by Crippen LogP contribution is -2.49. The molecule has 1 heterocycles. The van der Waals surface area contributed by atoms with Crippen LogP contribution in [0.25, 0.3) is 0 Å². The van der Waals surface area contributed by atoms with Gasteiger partial charge < -0.3 is 0 Å². The van der Waals surface area contributed by atoms with Crippen molar-refractivity contribution in [2.24, 2.45) is 17.8 Å². The van der Waals surface area contributed by atoms with Gasteiger partial charge in [-0.05, 0) is 63.2 Å². The highest BCUT2D eigenvalue weighted by atomic mass is 14.8. The van der Waals surface area contributed by atoms with Crippen molar-refractivity contribution >= 4 is 0 Å². The average Bonchev–Trinajstić information content (AvgIpc) is 2.27. The highest BCUT2D eigenvalue weighted by molar-refractivity contribution is 5.25. The third kappa shape index (κ3) is 1.39. The molecule has 1 aromatic heterocycles. The zero-order valence-corrected chi connectivity index (χ0v) is 10.5. The SMILES string of the molecule is Cc1nccnc1C12CC3CC(CC(C3)C1)C2. The molecule has 0 amide bonds. The summed E-state index contributed by atoms with van der Waals surface area (Å²) < 4.78 is 0. The smallest absolute Gasteiger partial charge is 0.0677 e. The number of aryl methyl sites for hydroxylation is 1. The second-order valence-electron chi connectivity index (χ2n) is 6.69. The van der Waals surface area contributed by atoms with E-state index in [0.717, 1.165) is 17.8 Å². The van der Waals surface area contributed by atoms with Crippen LogP contribution in [0, 0.1) is 24.7 Å². The van der Waals surface area contributed by atoms with Crippen molar-refractivity contribution < 1.29 is 0 Å². The van der Waals surface area contributed by atoms with Crippen LogP contribution in [0.4, 0.5) is 0 Å². The highest BCUT2D eigenvalue weighted by Gasteiger charge is 2.52. The van der Waals surface area contributed by atoms with Crippen LogP contribution >= 0.6 is 0 Å². The fourth-order valence-corrected chi connectivity index (χ4v) is 5.33. The minimum absolute atomic E-state index is 0.410. The molecule has 0 aliphatic heterocycles. The number of aromatic nitrogens is 2. The van der Waals surface area contributed by atoms with E-state index >= 15 is 0 Å². The molecule has 0 unspecified atom stereocenters. The van der Waals surface area contributed by atoms with E-state index in [1.54, 1.807) is 0 Å². The van der Waals surface area contributed by atoms with E-state index in [-0.39, 0.29) is 0 Å². The van der Waals surface area contributed by atoms with Crippen LogP contribution in [0.2, 0.25) is 0 Å². The van der Waals surface area contributed by atoms with Crippen molar-refractivity contribution in [2.45, 2.75) is 50.9 Å². The predicted molar refractivity (Wildman–Crippen MR) is 66.6 cm³/mol. The summed E-state index contributed by atoms with van der Waals surface area (Å²) in [5.74, 6) is 2.97. The summed E-state index contributed by atoms with van der Waals surface area (Å²) in [6, 6.07) is 0. The Morgan fingerprint density at radius 1 is 0.941 bits per heavy atom. The predicted octanol–water partition coefficient (Wildman–Crippen LogP) is 3.25. The van der Waals surface area contributed by atoms with E-state index in [9.17, 15) is 0 Å². The Hall–Kier alpha value is -0.920. The van der Waals surface area contributed by atoms with Gasteiger partial charge in [0.15, 0.2) is 0 Å². The number of nitrogens with zero attached hydrogens (tertiary/aromatic N) is 2. The maximum Gasteiger partial charge on any atom is 0.0677 e. The molecule has 0 aromatic carbocycles. The second-order valence-corrected chi connectivity index (χ2v) is 6.69. The largest absolute Gasteiger partial charge is 0.258 e. The third-order valence-corrected chi connectivity index (χ3v) is 5.42. The maximum absolute atomic E-state index is 4.71. The van der Waals surface area contributed by atoms with Gasteiger partial charge in [0.2, 0.25) is 0 Å². The quantitative estimate of drug-likeness (QED) is 0.737. The van der Waals surface area contributed by atoms with Crippen LogP contribution < -0.4 is 0 Å². The van der Waals surface area contributed by atoms with Gasteiger partial charge in [-0.15, -0.1) is 0 Å². The van der Waals surface area contributed by atoms with Crippen molar-refractivity contribution in [3.63, 3.8) is 0 Å². The Balaban J connectivity index is 1.80. The topological polar surface area (TPSA) is 25.8 Å². The standard InChI is InChI=1S/C15H20N2/c1-10-14(17-3-2-16-10)15-7-11-4-12(8-15)6-13(5-11)9-15/h2-3,11-13H,4-9H2,1H3. The number of hydrogen-bond acceptors (Lipinski definition) is 2. The summed E-state index contributed by atoms with van der Waals surface area (Å²) in [6.07, 6.45) is 12.4. The molecule has 17 heavy (non-hydrogen) atoms. The Kier molecular flexibility index (Phi) is 1.95. The van der Waals surface area contributed by atoms with Crippen molar-refractivity contribution in [3.8, 4) is 0 Å². The molecule has 5 rings (SSSR count). The van der Waals surface area contributed by atoms with Crippen LogP contribution in [0.15, 0.2) is 12.4 Å². The first kappa shape index (κ1) is 10.0. The van der Waals surface area contributed by atoms with Gasteiger partial charge in [0.1, 0.15) is 0 Å². The molecular weight excluding hydrogens is 208 g/mol. The van der Waals surface area contributed by atoms with Gasteiger partial charge >= 0.3 is 0 Å². The maximum atomic E-state index is 4.71. The Morgan fingerprint density at radius 3 is 2.00 bits per heavy atom. The Labute approximate surface area is 103 Å². The van der Waals surface area contributed by atoms with Crippen LogP contribution in [-0.2, 0) is 5.41 Å². The molecule has 2 heteroatoms. The first-order valence-electron chi connectivity index (χ1n) is 7.03. The molecule has 4 aliphatic rings. The Morgan fingerprint density at radius 2 is 1.47 bits per heavy atom. The van der Waals surface area contributed by atoms with Crippen molar-refractivity contribution in [3.05, 3.63) is 23.8 Å². The van der Waals surface area contributed by atoms with Crippen molar-refractivity contribution in [1.82, 2.24) is 9.97 Å². The second kappa shape index (κ2) is 3.30. The van der Waals surface area contributed by atoms with Crippen LogP contribution in [-0.4, -0.2) is 9.97 Å². The molecule has 4 fully saturated rings. The molecule has 0 spiro atoms. The summed E-state index contributed by atoms with van der Waals surface area (Å²) in [4.78, 5) is 9.18. The monoisotopic (exact) mass is 228 g/mol. The van der Waals surface area contributed by atoms with E-state index in [1.807, 2.05) is 12.4 Å². The van der Waals surface area contributed by atoms with Crippen molar-refractivity contribution in [2.75, 3.05) is 0 Å². The van der Waals surface area contributed by atoms with Gasteiger partial charge in [-0.2, -0.15) is 0 Å². The van der Waals surface area contributed by atoms with E-state index in [4.69, 9.17) is 4.98 Å². The normalized spacial score (nSPS) is 43.0. The number of hydrogen-bond donors (Lipinski definition) is 0. The summed E-state index contributed by atoms with van der Waals surface area (Å²) in [5, 5.41) is 0. The van der Waals surface area contributed by atoms with Gasteiger partial charge in [-0.1, -0.05) is 0 Å². The summed E-state index contributed by atoms with van der Waals surface area (Å²) in [6.45, 7) is 2.14. The van der Waals surface area contributed by atoms with Crippen LogP contribution in [0.1, 0.15) is 49.9 Å². The van der Waals surface area contributed by atoms with Gasteiger partial charge in [0.05, 0.1) is 11.4 Å². The lowest BCUT2D eigenvalue weighted by atomic mass is 9.48. The van der Waals surface area contributed by atoms with Gasteiger partial charge in [-0.25, -0.2) is 0 Å². The van der Waals surface area contributed by atoms with Gasteiger partial charge in [0, 0.05) is 17.8 Å². The molecule has 0 radical (unpaired) electrons. The molecule has 4 aliphatic carbocycles. The van der Waals surface area contributed by atoms with E-state index in [1.165, 1.54) is 49.9 Å². The lowest BCUT2D eigenvalue weighted by Gasteiger charge is -2.56. The average molecular weight is 228 g/mol. The first-order chi connectivity index (χ1) is 8.25. The van der Waals surface area contributed by atoms with Gasteiger partial charge in [-0.3, -0.25) is 9.97 Å². The fraction of sp³-hybridized carbons (Fsp3) is 0.733. The minimum Gasteiger partial charge on any atom is -0.258 e. The molecule has 0 saturated heterocycles. The van der Waals surface area contributed by atoms with Crippen LogP contribution in [0.5, 0.6) is 0 Å². The minimum atomic E-state index is 0.410. The van der Waals surface area contributed by atoms with Gasteiger partial charge in [0.25, 0.3) is 0 Å². The molecular formula is C15H20N2. The number of rotatable bonds is 1. The highest BCUT2D eigenvalue weighted by Crippen LogP contribution is 2.60. The van der Waals surface area contributed by atoms with Crippen LogP contribution in [0.3, 0.4) is 0 Å². The molecule has 4 saturated carbocycles. The van der Waals surface area contributed by atoms with E-state index in [0.29, 0.717) is 5.41 Å².